The van der Waals surface area contributed by atoms with E-state index in [4.69, 9.17) is 4.74 Å². The summed E-state index contributed by atoms with van der Waals surface area (Å²) in [5.74, 6) is -2.25. The van der Waals surface area contributed by atoms with Crippen molar-refractivity contribution in [1.82, 2.24) is 0 Å². The first-order valence-electron chi connectivity index (χ1n) is 10.0. The maximum Gasteiger partial charge on any atom is 0.368 e. The number of para-hydroxylation sites is 1. The monoisotopic (exact) mass is 413 g/mol. The number of rotatable bonds is 6. The zero-order valence-corrected chi connectivity index (χ0v) is 17.4. The minimum atomic E-state index is -1.08. The highest BCUT2D eigenvalue weighted by atomic mass is 32.1. The van der Waals surface area contributed by atoms with E-state index < -0.39 is 23.3 Å². The fourth-order valence-corrected chi connectivity index (χ4v) is 5.75. The van der Waals surface area contributed by atoms with Gasteiger partial charge in [-0.3, -0.25) is 9.59 Å². The Morgan fingerprint density at radius 3 is 2.52 bits per heavy atom. The SMILES string of the molecule is CCC[C@]1(C(=O)OCC)[NH2+][C@@H](c2cccs2)[C@H]2C(=O)N(c3ccccc3)C(=O)[C@H]21. The fraction of sp³-hybridized carbons (Fsp3) is 0.409. The molecule has 0 bridgehead atoms. The van der Waals surface area contributed by atoms with Crippen LogP contribution in [0.5, 0.6) is 0 Å². The fourth-order valence-electron chi connectivity index (χ4n) is 4.91. The molecule has 0 radical (unpaired) electrons. The first-order valence-corrected chi connectivity index (χ1v) is 10.9. The van der Waals surface area contributed by atoms with Crippen LogP contribution in [0.2, 0.25) is 0 Å². The normalized spacial score (nSPS) is 28.6. The number of hydrogen-bond donors (Lipinski definition) is 1. The Morgan fingerprint density at radius 1 is 1.14 bits per heavy atom. The third kappa shape index (κ3) is 3.00. The molecule has 7 heteroatoms. The second kappa shape index (κ2) is 7.72. The van der Waals surface area contributed by atoms with Crippen LogP contribution in [-0.4, -0.2) is 29.9 Å². The van der Waals surface area contributed by atoms with Gasteiger partial charge in [-0.15, -0.1) is 11.3 Å². The largest absolute Gasteiger partial charge is 0.461 e. The van der Waals surface area contributed by atoms with Crippen molar-refractivity contribution in [1.29, 1.82) is 0 Å². The smallest absolute Gasteiger partial charge is 0.368 e. The highest BCUT2D eigenvalue weighted by molar-refractivity contribution is 7.10. The van der Waals surface area contributed by atoms with E-state index in [1.807, 2.05) is 35.8 Å². The van der Waals surface area contributed by atoms with Gasteiger partial charge in [0.1, 0.15) is 17.9 Å². The third-order valence-electron chi connectivity index (χ3n) is 5.98. The lowest BCUT2D eigenvalue weighted by atomic mass is 9.77. The molecule has 0 saturated carbocycles. The van der Waals surface area contributed by atoms with E-state index in [0.29, 0.717) is 18.5 Å². The van der Waals surface area contributed by atoms with Gasteiger partial charge in [0.15, 0.2) is 0 Å². The van der Waals surface area contributed by atoms with Crippen LogP contribution in [0.25, 0.3) is 0 Å². The topological polar surface area (TPSA) is 80.3 Å². The van der Waals surface area contributed by atoms with E-state index in [2.05, 4.69) is 0 Å². The van der Waals surface area contributed by atoms with E-state index in [9.17, 15) is 14.4 Å². The van der Waals surface area contributed by atoms with Gasteiger partial charge in [-0.25, -0.2) is 9.69 Å². The second-order valence-electron chi connectivity index (χ2n) is 7.57. The van der Waals surface area contributed by atoms with Crippen molar-refractivity contribution in [2.24, 2.45) is 11.8 Å². The number of nitrogens with two attached hydrogens (primary N) is 1. The number of imide groups is 1. The summed E-state index contributed by atoms with van der Waals surface area (Å²) < 4.78 is 5.43. The van der Waals surface area contributed by atoms with Gasteiger partial charge in [0.2, 0.25) is 17.4 Å². The van der Waals surface area contributed by atoms with Gasteiger partial charge in [-0.2, -0.15) is 0 Å². The number of carbonyl (C=O) groups is 3. The number of carbonyl (C=O) groups excluding carboxylic acids is 3. The van der Waals surface area contributed by atoms with E-state index in [1.165, 1.54) is 4.90 Å². The molecule has 1 aromatic heterocycles. The van der Waals surface area contributed by atoms with Gasteiger partial charge < -0.3 is 10.1 Å². The summed E-state index contributed by atoms with van der Waals surface area (Å²) in [4.78, 5) is 42.6. The molecule has 152 valence electrons. The number of fused-ring (bicyclic) bond motifs is 1. The van der Waals surface area contributed by atoms with Crippen molar-refractivity contribution < 1.29 is 24.4 Å². The molecule has 3 heterocycles. The number of benzene rings is 1. The van der Waals surface area contributed by atoms with Gasteiger partial charge in [0, 0.05) is 6.42 Å². The number of amides is 2. The van der Waals surface area contributed by atoms with Crippen molar-refractivity contribution in [3.63, 3.8) is 0 Å². The molecule has 29 heavy (non-hydrogen) atoms. The molecule has 2 aliphatic heterocycles. The molecule has 4 rings (SSSR count). The number of ether oxygens (including phenoxy) is 1. The summed E-state index contributed by atoms with van der Waals surface area (Å²) in [7, 11) is 0. The number of thiophene rings is 1. The first kappa shape index (κ1) is 19.8. The van der Waals surface area contributed by atoms with Gasteiger partial charge in [0.05, 0.1) is 17.2 Å². The minimum absolute atomic E-state index is 0.233. The van der Waals surface area contributed by atoms with E-state index >= 15 is 0 Å². The lowest BCUT2D eigenvalue weighted by Crippen LogP contribution is -2.98. The number of esters is 1. The summed E-state index contributed by atoms with van der Waals surface area (Å²) in [6.07, 6.45) is 1.19. The molecule has 2 amide bonds. The van der Waals surface area contributed by atoms with Crippen LogP contribution in [0.1, 0.15) is 37.6 Å². The lowest BCUT2D eigenvalue weighted by molar-refractivity contribution is -0.734. The summed E-state index contributed by atoms with van der Waals surface area (Å²) in [5.41, 5.74) is -0.531. The lowest BCUT2D eigenvalue weighted by Gasteiger charge is -2.29. The molecule has 2 aromatic rings. The van der Waals surface area contributed by atoms with Crippen molar-refractivity contribution in [3.05, 3.63) is 52.7 Å². The van der Waals surface area contributed by atoms with Crippen LogP contribution in [0.15, 0.2) is 47.8 Å². The molecule has 4 atom stereocenters. The Labute approximate surface area is 173 Å². The van der Waals surface area contributed by atoms with Crippen LogP contribution in [-0.2, 0) is 19.1 Å². The minimum Gasteiger partial charge on any atom is -0.461 e. The maximum atomic E-state index is 13.6. The van der Waals surface area contributed by atoms with Gasteiger partial charge >= 0.3 is 5.97 Å². The molecular weight excluding hydrogens is 388 g/mol. The van der Waals surface area contributed by atoms with Crippen LogP contribution in [0.3, 0.4) is 0 Å². The average Bonchev–Trinajstić information content (AvgIpc) is 3.41. The summed E-state index contributed by atoms with van der Waals surface area (Å²) >= 11 is 1.55. The highest BCUT2D eigenvalue weighted by Gasteiger charge is 2.72. The quantitative estimate of drug-likeness (QED) is 0.582. The summed E-state index contributed by atoms with van der Waals surface area (Å²) in [6.45, 7) is 3.99. The van der Waals surface area contributed by atoms with Crippen molar-refractivity contribution >= 4 is 34.8 Å². The molecule has 0 spiro atoms. The van der Waals surface area contributed by atoms with Crippen molar-refractivity contribution in [2.75, 3.05) is 11.5 Å². The molecule has 1 aromatic carbocycles. The molecule has 2 saturated heterocycles. The Balaban J connectivity index is 1.84. The number of anilines is 1. The van der Waals surface area contributed by atoms with Gasteiger partial charge in [-0.1, -0.05) is 31.2 Å². The zero-order chi connectivity index (χ0) is 20.6. The van der Waals surface area contributed by atoms with Crippen LogP contribution in [0, 0.1) is 11.8 Å². The molecule has 0 unspecified atom stereocenters. The maximum absolute atomic E-state index is 13.6. The predicted molar refractivity (Wildman–Crippen MR) is 109 cm³/mol. The molecular formula is C22H25N2O4S+. The van der Waals surface area contributed by atoms with Gasteiger partial charge in [0.25, 0.3) is 0 Å². The van der Waals surface area contributed by atoms with Crippen molar-refractivity contribution in [2.45, 2.75) is 38.3 Å². The number of quaternary nitrogens is 1. The number of nitrogens with zero attached hydrogens (tertiary/aromatic N) is 1. The molecule has 2 aliphatic rings. The zero-order valence-electron chi connectivity index (χ0n) is 16.5. The second-order valence-corrected chi connectivity index (χ2v) is 8.55. The molecule has 6 nitrogen and oxygen atoms in total. The van der Waals surface area contributed by atoms with Gasteiger partial charge in [-0.05, 0) is 36.9 Å². The molecule has 0 aliphatic carbocycles. The molecule has 2 fully saturated rings. The Morgan fingerprint density at radius 2 is 1.90 bits per heavy atom. The Hall–Kier alpha value is -2.51. The predicted octanol–water partition coefficient (Wildman–Crippen LogP) is 2.27. The number of hydrogen-bond acceptors (Lipinski definition) is 5. The van der Waals surface area contributed by atoms with E-state index in [-0.39, 0.29) is 24.5 Å². The first-order chi connectivity index (χ1) is 14.0. The van der Waals surface area contributed by atoms with E-state index in [0.717, 1.165) is 4.88 Å². The van der Waals surface area contributed by atoms with Crippen molar-refractivity contribution in [3.8, 4) is 0 Å². The van der Waals surface area contributed by atoms with Crippen LogP contribution in [0.4, 0.5) is 5.69 Å². The summed E-state index contributed by atoms with van der Waals surface area (Å²) in [6, 6.07) is 12.6. The molecule has 2 N–H and O–H groups in total. The highest BCUT2D eigenvalue weighted by Crippen LogP contribution is 2.47. The summed E-state index contributed by atoms with van der Waals surface area (Å²) in [5, 5.41) is 3.90. The third-order valence-corrected chi connectivity index (χ3v) is 6.95. The van der Waals surface area contributed by atoms with Crippen LogP contribution < -0.4 is 10.2 Å². The Bertz CT molecular complexity index is 914. The standard InChI is InChI=1S/C22H24N2O4S/c1-3-12-22(21(27)28-4-2)17-16(18(23-22)15-11-8-13-29-15)19(25)24(20(17)26)14-9-6-5-7-10-14/h5-11,13,16-18,23H,3-4,12H2,1-2H3/p+1/t16-,17-,18-,22-/m0/s1. The Kier molecular flexibility index (Phi) is 5.27. The van der Waals surface area contributed by atoms with Crippen LogP contribution >= 0.6 is 11.3 Å². The van der Waals surface area contributed by atoms with E-state index in [1.54, 1.807) is 42.5 Å². The average molecular weight is 414 g/mol.